The molecule has 1 aliphatic carbocycles. The van der Waals surface area contributed by atoms with Gasteiger partial charge in [0.1, 0.15) is 0 Å². The molecule has 0 aromatic carbocycles. The Morgan fingerprint density at radius 1 is 1.28 bits per heavy atom. The maximum absolute atomic E-state index is 11.6. The Morgan fingerprint density at radius 3 is 2.72 bits per heavy atom. The van der Waals surface area contributed by atoms with E-state index in [1.165, 1.54) is 19.3 Å². The van der Waals surface area contributed by atoms with Gasteiger partial charge in [-0.2, -0.15) is 0 Å². The molecule has 18 heavy (non-hydrogen) atoms. The lowest BCUT2D eigenvalue weighted by Gasteiger charge is -2.36. The van der Waals surface area contributed by atoms with Crippen molar-refractivity contribution in [1.82, 2.24) is 9.88 Å². The normalized spacial score (nSPS) is 18.7. The number of hydrogen-bond donors (Lipinski definition) is 1. The molecular weight excluding hydrogens is 248 g/mol. The number of nitrogens with one attached hydrogen (secondary N) is 1. The summed E-state index contributed by atoms with van der Waals surface area (Å²) >= 11 is 6.12. The van der Waals surface area contributed by atoms with Crippen molar-refractivity contribution >= 4 is 11.6 Å². The molecule has 1 fully saturated rings. The van der Waals surface area contributed by atoms with Crippen molar-refractivity contribution in [2.24, 2.45) is 0 Å². The molecule has 1 aromatic rings. The van der Waals surface area contributed by atoms with Crippen molar-refractivity contribution in [2.45, 2.75) is 44.2 Å². The molecule has 3 nitrogen and oxygen atoms in total. The van der Waals surface area contributed by atoms with Crippen LogP contribution in [-0.2, 0) is 6.54 Å². The summed E-state index contributed by atoms with van der Waals surface area (Å²) in [6.45, 7) is 1.51. The Morgan fingerprint density at radius 2 is 2.06 bits per heavy atom. The van der Waals surface area contributed by atoms with Gasteiger partial charge in [-0.15, -0.1) is 11.6 Å². The average molecular weight is 269 g/mol. The van der Waals surface area contributed by atoms with Gasteiger partial charge in [-0.3, -0.25) is 4.79 Å². The lowest BCUT2D eigenvalue weighted by atomic mass is 9.83. The molecule has 4 heteroatoms. The highest BCUT2D eigenvalue weighted by Crippen LogP contribution is 2.29. The van der Waals surface area contributed by atoms with E-state index in [-0.39, 0.29) is 11.1 Å². The number of halogens is 1. The Bertz CT molecular complexity index is 424. The fourth-order valence-corrected chi connectivity index (χ4v) is 3.03. The Hall–Kier alpha value is -0.800. The van der Waals surface area contributed by atoms with Crippen molar-refractivity contribution in [3.8, 4) is 0 Å². The summed E-state index contributed by atoms with van der Waals surface area (Å²) in [5.41, 5.74) is 0.154. The zero-order valence-corrected chi connectivity index (χ0v) is 11.5. The lowest BCUT2D eigenvalue weighted by molar-refractivity contribution is 0.255. The molecule has 0 unspecified atom stereocenters. The van der Waals surface area contributed by atoms with E-state index < -0.39 is 0 Å². The van der Waals surface area contributed by atoms with Crippen LogP contribution in [0, 0.1) is 0 Å². The Labute approximate surface area is 113 Å². The number of nitrogens with zero attached hydrogens (tertiary/aromatic N) is 1. The van der Waals surface area contributed by atoms with Crippen LogP contribution in [0.1, 0.15) is 32.1 Å². The van der Waals surface area contributed by atoms with E-state index in [0.717, 1.165) is 19.4 Å². The van der Waals surface area contributed by atoms with Gasteiger partial charge in [0, 0.05) is 36.8 Å². The van der Waals surface area contributed by atoms with Crippen molar-refractivity contribution in [2.75, 3.05) is 12.4 Å². The number of alkyl halides is 1. The molecule has 1 aromatic heterocycles. The van der Waals surface area contributed by atoms with E-state index in [1.54, 1.807) is 16.7 Å². The third kappa shape index (κ3) is 3.36. The predicted octanol–water partition coefficient (Wildman–Crippen LogP) is 2.38. The molecule has 0 radical (unpaired) electrons. The van der Waals surface area contributed by atoms with Crippen LogP contribution < -0.4 is 10.9 Å². The standard InChI is InChI=1S/C14H21ClN2O/c15-12-14(7-3-1-4-8-14)16-9-11-17-10-5-2-6-13(17)18/h2,5-6,10,16H,1,3-4,7-9,11-12H2. The van der Waals surface area contributed by atoms with E-state index >= 15 is 0 Å². The molecule has 2 rings (SSSR count). The summed E-state index contributed by atoms with van der Waals surface area (Å²) in [6.07, 6.45) is 7.97. The van der Waals surface area contributed by atoms with Gasteiger partial charge in [-0.05, 0) is 18.9 Å². The molecule has 0 amide bonds. The first-order valence-electron chi connectivity index (χ1n) is 6.72. The molecular formula is C14H21ClN2O. The van der Waals surface area contributed by atoms with Gasteiger partial charge in [0.2, 0.25) is 0 Å². The van der Waals surface area contributed by atoms with Crippen LogP contribution in [0.3, 0.4) is 0 Å². The zero-order chi connectivity index (χ0) is 12.8. The summed E-state index contributed by atoms with van der Waals surface area (Å²) in [5, 5.41) is 3.57. The van der Waals surface area contributed by atoms with Crippen molar-refractivity contribution in [1.29, 1.82) is 0 Å². The second-order valence-electron chi connectivity index (χ2n) is 5.13. The summed E-state index contributed by atoms with van der Waals surface area (Å²) in [6, 6.07) is 5.25. The lowest BCUT2D eigenvalue weighted by Crippen LogP contribution is -2.49. The van der Waals surface area contributed by atoms with Gasteiger partial charge in [0.15, 0.2) is 0 Å². The summed E-state index contributed by atoms with van der Waals surface area (Å²) in [4.78, 5) is 11.6. The van der Waals surface area contributed by atoms with Gasteiger partial charge in [-0.1, -0.05) is 25.3 Å². The third-order valence-corrected chi connectivity index (χ3v) is 4.33. The van der Waals surface area contributed by atoms with E-state index in [2.05, 4.69) is 5.32 Å². The molecule has 1 N–H and O–H groups in total. The molecule has 100 valence electrons. The Kier molecular flexibility index (Phi) is 4.84. The molecule has 1 heterocycles. The third-order valence-electron chi connectivity index (χ3n) is 3.82. The van der Waals surface area contributed by atoms with Crippen molar-refractivity contribution < 1.29 is 0 Å². The monoisotopic (exact) mass is 268 g/mol. The molecule has 1 saturated carbocycles. The highest BCUT2D eigenvalue weighted by Gasteiger charge is 2.30. The van der Waals surface area contributed by atoms with E-state index in [4.69, 9.17) is 11.6 Å². The van der Waals surface area contributed by atoms with Crippen LogP contribution in [-0.4, -0.2) is 22.5 Å². The molecule has 0 atom stereocenters. The number of pyridine rings is 1. The van der Waals surface area contributed by atoms with E-state index in [1.807, 2.05) is 12.3 Å². The van der Waals surface area contributed by atoms with Gasteiger partial charge in [0.25, 0.3) is 5.56 Å². The largest absolute Gasteiger partial charge is 0.314 e. The van der Waals surface area contributed by atoms with Crippen LogP contribution >= 0.6 is 11.6 Å². The van der Waals surface area contributed by atoms with Crippen LogP contribution in [0.2, 0.25) is 0 Å². The number of hydrogen-bond acceptors (Lipinski definition) is 2. The SMILES string of the molecule is O=c1ccccn1CCNC1(CCl)CCCCC1. The molecule has 0 saturated heterocycles. The van der Waals surface area contributed by atoms with Gasteiger partial charge >= 0.3 is 0 Å². The minimum atomic E-state index is 0.0582. The number of aromatic nitrogens is 1. The second kappa shape index (κ2) is 6.39. The van der Waals surface area contributed by atoms with Gasteiger partial charge < -0.3 is 9.88 Å². The predicted molar refractivity (Wildman–Crippen MR) is 75.2 cm³/mol. The number of rotatable bonds is 5. The minimum Gasteiger partial charge on any atom is -0.314 e. The van der Waals surface area contributed by atoms with Crippen LogP contribution in [0.15, 0.2) is 29.2 Å². The van der Waals surface area contributed by atoms with Crippen LogP contribution in [0.5, 0.6) is 0 Å². The molecule has 0 aliphatic heterocycles. The fourth-order valence-electron chi connectivity index (χ4n) is 2.67. The maximum atomic E-state index is 11.6. The quantitative estimate of drug-likeness (QED) is 0.832. The van der Waals surface area contributed by atoms with Crippen molar-refractivity contribution in [3.63, 3.8) is 0 Å². The van der Waals surface area contributed by atoms with Gasteiger partial charge in [0.05, 0.1) is 0 Å². The first kappa shape index (κ1) is 13.6. The maximum Gasteiger partial charge on any atom is 0.250 e. The Balaban J connectivity index is 1.87. The fraction of sp³-hybridized carbons (Fsp3) is 0.643. The smallest absolute Gasteiger partial charge is 0.250 e. The van der Waals surface area contributed by atoms with Crippen LogP contribution in [0.25, 0.3) is 0 Å². The highest BCUT2D eigenvalue weighted by molar-refractivity contribution is 6.18. The average Bonchev–Trinajstić information content (AvgIpc) is 2.42. The van der Waals surface area contributed by atoms with E-state index in [9.17, 15) is 4.79 Å². The first-order chi connectivity index (χ1) is 8.76. The van der Waals surface area contributed by atoms with Crippen LogP contribution in [0.4, 0.5) is 0 Å². The summed E-state index contributed by atoms with van der Waals surface area (Å²) < 4.78 is 1.73. The van der Waals surface area contributed by atoms with E-state index in [0.29, 0.717) is 12.4 Å². The highest BCUT2D eigenvalue weighted by atomic mass is 35.5. The second-order valence-corrected chi connectivity index (χ2v) is 5.40. The first-order valence-corrected chi connectivity index (χ1v) is 7.26. The van der Waals surface area contributed by atoms with Gasteiger partial charge in [-0.25, -0.2) is 0 Å². The summed E-state index contributed by atoms with van der Waals surface area (Å²) in [7, 11) is 0. The zero-order valence-electron chi connectivity index (χ0n) is 10.7. The minimum absolute atomic E-state index is 0.0582. The molecule has 1 aliphatic rings. The topological polar surface area (TPSA) is 34.0 Å². The van der Waals surface area contributed by atoms with Crippen molar-refractivity contribution in [3.05, 3.63) is 34.7 Å². The summed E-state index contributed by atoms with van der Waals surface area (Å²) in [5.74, 6) is 0.663. The molecule has 0 spiro atoms. The molecule has 0 bridgehead atoms.